The molecule has 0 aliphatic carbocycles. The summed E-state index contributed by atoms with van der Waals surface area (Å²) >= 11 is 0. The van der Waals surface area contributed by atoms with Crippen LogP contribution in [0, 0.1) is 0 Å². The standard InChI is InChI=1S/C3HF7O3S.Mg.2H/c4-1(5,2(6,7)8)3(9,10)14(11,12)13;;;/h(H,11,12,13);;;. The number of alkyl halides is 7. The molecule has 0 aromatic heterocycles. The van der Waals surface area contributed by atoms with Gasteiger partial charge in [0.15, 0.2) is 0 Å². The highest BCUT2D eigenvalue weighted by Gasteiger charge is 2.78. The first-order chi connectivity index (χ1) is 5.75. The molecule has 15 heavy (non-hydrogen) atoms. The molecule has 0 aromatic carbocycles. The van der Waals surface area contributed by atoms with Crippen molar-refractivity contribution in [2.24, 2.45) is 0 Å². The summed E-state index contributed by atoms with van der Waals surface area (Å²) in [5.41, 5.74) is 0. The van der Waals surface area contributed by atoms with Gasteiger partial charge in [0.25, 0.3) is 0 Å². The van der Waals surface area contributed by atoms with Crippen LogP contribution in [0.3, 0.4) is 0 Å². The summed E-state index contributed by atoms with van der Waals surface area (Å²) in [4.78, 5) is 0. The van der Waals surface area contributed by atoms with Crippen LogP contribution in [0.5, 0.6) is 0 Å². The predicted octanol–water partition coefficient (Wildman–Crippen LogP) is 0.748. The largest absolute Gasteiger partial charge is 0.461 e. The van der Waals surface area contributed by atoms with Gasteiger partial charge < -0.3 is 0 Å². The Labute approximate surface area is 94.5 Å². The lowest BCUT2D eigenvalue weighted by atomic mass is 10.3. The number of hydrogen-bond donors (Lipinski definition) is 1. The summed E-state index contributed by atoms with van der Waals surface area (Å²) in [6, 6.07) is 0. The predicted molar refractivity (Wildman–Crippen MR) is 36.0 cm³/mol. The third kappa shape index (κ3) is 2.85. The van der Waals surface area contributed by atoms with Crippen molar-refractivity contribution < 1.29 is 43.7 Å². The van der Waals surface area contributed by atoms with Gasteiger partial charge in [-0.25, -0.2) is 0 Å². The van der Waals surface area contributed by atoms with Crippen molar-refractivity contribution in [3.63, 3.8) is 0 Å². The van der Waals surface area contributed by atoms with E-state index < -0.39 is 27.5 Å². The molecule has 0 aromatic rings. The Hall–Kier alpha value is 0.186. The fraction of sp³-hybridized carbons (Fsp3) is 1.00. The van der Waals surface area contributed by atoms with E-state index in [4.69, 9.17) is 4.55 Å². The van der Waals surface area contributed by atoms with Crippen molar-refractivity contribution in [2.75, 3.05) is 0 Å². The van der Waals surface area contributed by atoms with Crippen molar-refractivity contribution >= 4 is 33.2 Å². The van der Waals surface area contributed by atoms with Gasteiger partial charge in [-0.2, -0.15) is 39.2 Å². The van der Waals surface area contributed by atoms with E-state index in [0.717, 1.165) is 0 Å². The molecular formula is C3H3F7MgO3S. The van der Waals surface area contributed by atoms with Crippen LogP contribution in [0.2, 0.25) is 0 Å². The van der Waals surface area contributed by atoms with Gasteiger partial charge in [0, 0.05) is 0 Å². The molecule has 1 N–H and O–H groups in total. The third-order valence-electron chi connectivity index (χ3n) is 1.05. The zero-order valence-corrected chi connectivity index (χ0v) is 6.63. The van der Waals surface area contributed by atoms with Crippen LogP contribution in [0.15, 0.2) is 0 Å². The molecule has 0 amide bonds. The monoisotopic (exact) mass is 276 g/mol. The molecule has 90 valence electrons. The number of hydrogen-bond acceptors (Lipinski definition) is 2. The third-order valence-corrected chi connectivity index (χ3v) is 1.95. The maximum Gasteiger partial charge on any atom is 0.461 e. The topological polar surface area (TPSA) is 54.4 Å². The van der Waals surface area contributed by atoms with Gasteiger partial charge in [0.05, 0.1) is 0 Å². The molecule has 0 aliphatic heterocycles. The van der Waals surface area contributed by atoms with Crippen LogP contribution in [0.4, 0.5) is 30.7 Å². The number of rotatable bonds is 2. The van der Waals surface area contributed by atoms with Gasteiger partial charge in [-0.1, -0.05) is 0 Å². The lowest BCUT2D eigenvalue weighted by Gasteiger charge is -2.25. The Morgan fingerprint density at radius 2 is 1.13 bits per heavy atom. The van der Waals surface area contributed by atoms with Crippen LogP contribution in [-0.4, -0.2) is 53.4 Å². The Morgan fingerprint density at radius 1 is 0.867 bits per heavy atom. The second-order valence-electron chi connectivity index (χ2n) is 2.06. The van der Waals surface area contributed by atoms with Crippen molar-refractivity contribution in [3.8, 4) is 0 Å². The first-order valence-electron chi connectivity index (χ1n) is 2.54. The van der Waals surface area contributed by atoms with Crippen molar-refractivity contribution in [2.45, 2.75) is 17.4 Å². The van der Waals surface area contributed by atoms with Crippen LogP contribution in [-0.2, 0) is 10.1 Å². The zero-order chi connectivity index (χ0) is 12.0. The molecule has 12 heteroatoms. The van der Waals surface area contributed by atoms with E-state index in [1.54, 1.807) is 0 Å². The highest BCUT2D eigenvalue weighted by Crippen LogP contribution is 2.48. The fourth-order valence-corrected chi connectivity index (χ4v) is 0.767. The average molecular weight is 276 g/mol. The molecular weight excluding hydrogens is 273 g/mol. The van der Waals surface area contributed by atoms with Gasteiger partial charge in [0.2, 0.25) is 0 Å². The second kappa shape index (κ2) is 4.22. The zero-order valence-electron chi connectivity index (χ0n) is 5.82. The van der Waals surface area contributed by atoms with Crippen LogP contribution >= 0.6 is 0 Å². The normalized spacial score (nSPS) is 14.7. The fourth-order valence-electron chi connectivity index (χ4n) is 0.327. The molecule has 0 atom stereocenters. The van der Waals surface area contributed by atoms with E-state index in [2.05, 4.69) is 0 Å². The second-order valence-corrected chi connectivity index (χ2v) is 3.53. The Morgan fingerprint density at radius 3 is 1.20 bits per heavy atom. The molecule has 0 rings (SSSR count). The molecule has 0 radical (unpaired) electrons. The molecule has 0 spiro atoms. The quantitative estimate of drug-likeness (QED) is 0.460. The molecule has 3 nitrogen and oxygen atoms in total. The van der Waals surface area contributed by atoms with Gasteiger partial charge in [-0.15, -0.1) is 0 Å². The summed E-state index contributed by atoms with van der Waals surface area (Å²) in [5, 5.41) is -6.61. The van der Waals surface area contributed by atoms with Gasteiger partial charge >= 0.3 is 50.5 Å². The van der Waals surface area contributed by atoms with E-state index in [9.17, 15) is 39.2 Å². The van der Waals surface area contributed by atoms with E-state index in [-0.39, 0.29) is 23.1 Å². The van der Waals surface area contributed by atoms with Gasteiger partial charge in [-0.05, 0) is 0 Å². The van der Waals surface area contributed by atoms with Crippen molar-refractivity contribution in [1.29, 1.82) is 0 Å². The van der Waals surface area contributed by atoms with Gasteiger partial charge in [0.1, 0.15) is 0 Å². The maximum absolute atomic E-state index is 11.9. The summed E-state index contributed by atoms with van der Waals surface area (Å²) in [6.45, 7) is 0. The Bertz CT molecular complexity index is 319. The van der Waals surface area contributed by atoms with E-state index in [1.807, 2.05) is 0 Å². The van der Waals surface area contributed by atoms with Gasteiger partial charge in [-0.3, -0.25) is 4.55 Å². The minimum absolute atomic E-state index is 0. The maximum atomic E-state index is 11.9. The summed E-state index contributed by atoms with van der Waals surface area (Å²) in [7, 11) is -6.85. The molecule has 0 bridgehead atoms. The molecule has 0 fully saturated rings. The molecule has 0 unspecified atom stereocenters. The Kier molecular flexibility index (Phi) is 4.94. The van der Waals surface area contributed by atoms with E-state index in [1.165, 1.54) is 0 Å². The first kappa shape index (κ1) is 17.6. The SMILES string of the molecule is O=S(=O)(O)C(F)(F)C(F)(F)C(F)(F)F.[MgH2]. The average Bonchev–Trinajstić information content (AvgIpc) is 1.81. The lowest BCUT2D eigenvalue weighted by Crippen LogP contribution is -2.55. The van der Waals surface area contributed by atoms with Crippen LogP contribution in [0.25, 0.3) is 0 Å². The highest BCUT2D eigenvalue weighted by atomic mass is 32.2. The van der Waals surface area contributed by atoms with E-state index in [0.29, 0.717) is 0 Å². The van der Waals surface area contributed by atoms with Crippen molar-refractivity contribution in [3.05, 3.63) is 0 Å². The molecule has 0 saturated heterocycles. The molecule has 0 heterocycles. The minimum atomic E-state index is -6.85. The highest BCUT2D eigenvalue weighted by molar-refractivity contribution is 7.87. The summed E-state index contributed by atoms with van der Waals surface area (Å²) in [5.74, 6) is -6.85. The summed E-state index contributed by atoms with van der Waals surface area (Å²) in [6.07, 6.45) is -6.79. The molecule has 0 aliphatic rings. The minimum Gasteiger partial charge on any atom is -0.281 e. The van der Waals surface area contributed by atoms with Crippen LogP contribution in [0.1, 0.15) is 0 Å². The van der Waals surface area contributed by atoms with E-state index >= 15 is 0 Å². The lowest BCUT2D eigenvalue weighted by molar-refractivity contribution is -0.333. The smallest absolute Gasteiger partial charge is 0.281 e. The Balaban J connectivity index is 0. The van der Waals surface area contributed by atoms with Crippen molar-refractivity contribution in [1.82, 2.24) is 0 Å². The first-order valence-corrected chi connectivity index (χ1v) is 3.98. The molecule has 0 saturated carbocycles. The van der Waals surface area contributed by atoms with Crippen LogP contribution < -0.4 is 0 Å². The summed E-state index contributed by atoms with van der Waals surface area (Å²) < 4.78 is 108. The number of halogens is 7.